The lowest BCUT2D eigenvalue weighted by atomic mass is 10.1. The van der Waals surface area contributed by atoms with Gasteiger partial charge in [-0.1, -0.05) is 0 Å². The van der Waals surface area contributed by atoms with E-state index in [1.54, 1.807) is 26.4 Å². The molecule has 4 heteroatoms. The summed E-state index contributed by atoms with van der Waals surface area (Å²) in [5, 5.41) is 3.13. The Morgan fingerprint density at radius 2 is 2.33 bits per heavy atom. The summed E-state index contributed by atoms with van der Waals surface area (Å²) in [4.78, 5) is 11.3. The Kier molecular flexibility index (Phi) is 4.37. The van der Waals surface area contributed by atoms with Crippen LogP contribution in [0.4, 0.5) is 0 Å². The maximum Gasteiger partial charge on any atom is 0.322 e. The second-order valence-corrected chi connectivity index (χ2v) is 3.42. The summed E-state index contributed by atoms with van der Waals surface area (Å²) in [6, 6.07) is 1.63. The van der Waals surface area contributed by atoms with Crippen LogP contribution in [0.2, 0.25) is 0 Å². The van der Waals surface area contributed by atoms with Crippen molar-refractivity contribution in [1.82, 2.24) is 5.32 Å². The summed E-state index contributed by atoms with van der Waals surface area (Å²) in [5.41, 5.74) is 1.02. The Balaban J connectivity index is 2.44. The van der Waals surface area contributed by atoms with E-state index in [2.05, 4.69) is 5.32 Å². The highest BCUT2D eigenvalue weighted by Crippen LogP contribution is 2.13. The molecule has 2 atom stereocenters. The highest BCUT2D eigenvalue weighted by atomic mass is 16.5. The number of nitrogens with one attached hydrogen (secondary N) is 1. The van der Waals surface area contributed by atoms with Crippen molar-refractivity contribution in [2.75, 3.05) is 6.61 Å². The predicted molar refractivity (Wildman–Crippen MR) is 56.4 cm³/mol. The van der Waals surface area contributed by atoms with Crippen molar-refractivity contribution in [3.8, 4) is 0 Å². The molecule has 0 aliphatic carbocycles. The molecular weight excluding hydrogens is 194 g/mol. The highest BCUT2D eigenvalue weighted by Gasteiger charge is 2.17. The van der Waals surface area contributed by atoms with Gasteiger partial charge in [0.2, 0.25) is 0 Å². The van der Waals surface area contributed by atoms with Crippen molar-refractivity contribution in [3.63, 3.8) is 0 Å². The summed E-state index contributed by atoms with van der Waals surface area (Å²) in [5.74, 6) is -0.229. The molecule has 1 aromatic rings. The molecule has 1 N–H and O–H groups in total. The lowest BCUT2D eigenvalue weighted by molar-refractivity contribution is -0.145. The highest BCUT2D eigenvalue weighted by molar-refractivity contribution is 5.75. The van der Waals surface area contributed by atoms with Crippen molar-refractivity contribution >= 4 is 5.97 Å². The quantitative estimate of drug-likeness (QED) is 0.755. The van der Waals surface area contributed by atoms with Gasteiger partial charge in [-0.05, 0) is 26.8 Å². The first-order chi connectivity index (χ1) is 7.15. The predicted octanol–water partition coefficient (Wildman–Crippen LogP) is 1.88. The second kappa shape index (κ2) is 5.56. The number of rotatable bonds is 5. The molecule has 0 saturated carbocycles. The van der Waals surface area contributed by atoms with Crippen LogP contribution in [0.15, 0.2) is 23.0 Å². The summed E-state index contributed by atoms with van der Waals surface area (Å²) in [6.07, 6.45) is 3.28. The van der Waals surface area contributed by atoms with E-state index in [1.807, 2.05) is 13.0 Å². The van der Waals surface area contributed by atoms with Gasteiger partial charge in [0, 0.05) is 11.6 Å². The summed E-state index contributed by atoms with van der Waals surface area (Å²) in [6.45, 7) is 5.96. The summed E-state index contributed by atoms with van der Waals surface area (Å²) in [7, 11) is 0. The third kappa shape index (κ3) is 3.40. The molecule has 15 heavy (non-hydrogen) atoms. The van der Waals surface area contributed by atoms with Gasteiger partial charge >= 0.3 is 5.97 Å². The number of hydrogen-bond donors (Lipinski definition) is 1. The standard InChI is InChI=1S/C11H17NO3/c1-4-15-11(13)9(3)12-8(2)10-5-6-14-7-10/h5-9,12H,4H2,1-3H3. The minimum atomic E-state index is -0.310. The zero-order chi connectivity index (χ0) is 11.3. The molecule has 0 aliphatic heterocycles. The van der Waals surface area contributed by atoms with Crippen LogP contribution in [0.1, 0.15) is 32.4 Å². The van der Waals surface area contributed by atoms with Gasteiger partial charge < -0.3 is 9.15 Å². The third-order valence-electron chi connectivity index (χ3n) is 2.18. The smallest absolute Gasteiger partial charge is 0.322 e. The Labute approximate surface area is 89.6 Å². The van der Waals surface area contributed by atoms with Crippen LogP contribution in [0, 0.1) is 0 Å². The van der Waals surface area contributed by atoms with E-state index in [0.717, 1.165) is 5.56 Å². The fourth-order valence-corrected chi connectivity index (χ4v) is 1.33. The van der Waals surface area contributed by atoms with Crippen molar-refractivity contribution in [2.45, 2.75) is 32.9 Å². The minimum Gasteiger partial charge on any atom is -0.472 e. The van der Waals surface area contributed by atoms with E-state index in [1.165, 1.54) is 0 Å². The van der Waals surface area contributed by atoms with Gasteiger partial charge in [-0.25, -0.2) is 0 Å². The van der Waals surface area contributed by atoms with Gasteiger partial charge in [0.15, 0.2) is 0 Å². The summed E-state index contributed by atoms with van der Waals surface area (Å²) >= 11 is 0. The molecule has 0 spiro atoms. The van der Waals surface area contributed by atoms with E-state index >= 15 is 0 Å². The average molecular weight is 211 g/mol. The van der Waals surface area contributed by atoms with Gasteiger partial charge in [-0.3, -0.25) is 10.1 Å². The van der Waals surface area contributed by atoms with Gasteiger partial charge in [0.05, 0.1) is 19.1 Å². The zero-order valence-corrected chi connectivity index (χ0v) is 9.32. The third-order valence-corrected chi connectivity index (χ3v) is 2.18. The number of hydrogen-bond acceptors (Lipinski definition) is 4. The Hall–Kier alpha value is -1.29. The molecule has 0 bridgehead atoms. The summed E-state index contributed by atoms with van der Waals surface area (Å²) < 4.78 is 9.87. The lowest BCUT2D eigenvalue weighted by Gasteiger charge is -2.17. The topological polar surface area (TPSA) is 51.5 Å². The number of esters is 1. The van der Waals surface area contributed by atoms with Crippen molar-refractivity contribution in [1.29, 1.82) is 0 Å². The molecule has 1 rings (SSSR count). The Morgan fingerprint density at radius 1 is 1.60 bits per heavy atom. The SMILES string of the molecule is CCOC(=O)C(C)NC(C)c1ccoc1. The van der Waals surface area contributed by atoms with Crippen LogP contribution >= 0.6 is 0 Å². The molecule has 4 nitrogen and oxygen atoms in total. The molecule has 0 fully saturated rings. The fraction of sp³-hybridized carbons (Fsp3) is 0.545. The van der Waals surface area contributed by atoms with E-state index < -0.39 is 0 Å². The van der Waals surface area contributed by atoms with Crippen LogP contribution in [0.25, 0.3) is 0 Å². The second-order valence-electron chi connectivity index (χ2n) is 3.42. The van der Waals surface area contributed by atoms with Gasteiger partial charge in [0.1, 0.15) is 6.04 Å². The van der Waals surface area contributed by atoms with Crippen molar-refractivity contribution in [2.24, 2.45) is 0 Å². The first-order valence-corrected chi connectivity index (χ1v) is 5.10. The number of furan rings is 1. The Bertz CT molecular complexity index is 295. The maximum atomic E-state index is 11.3. The molecule has 0 saturated heterocycles. The van der Waals surface area contributed by atoms with Crippen LogP contribution in [-0.4, -0.2) is 18.6 Å². The Morgan fingerprint density at radius 3 is 2.87 bits per heavy atom. The molecule has 2 unspecified atom stereocenters. The molecule has 1 aromatic heterocycles. The first kappa shape index (κ1) is 11.8. The molecule has 0 aliphatic rings. The average Bonchev–Trinajstić information content (AvgIpc) is 2.70. The van der Waals surface area contributed by atoms with Crippen molar-refractivity contribution < 1.29 is 13.9 Å². The van der Waals surface area contributed by atoms with Crippen LogP contribution < -0.4 is 5.32 Å². The number of carbonyl (C=O) groups excluding carboxylic acids is 1. The van der Waals surface area contributed by atoms with Gasteiger partial charge in [-0.2, -0.15) is 0 Å². The van der Waals surface area contributed by atoms with E-state index in [0.29, 0.717) is 6.61 Å². The minimum absolute atomic E-state index is 0.0724. The fourth-order valence-electron chi connectivity index (χ4n) is 1.33. The van der Waals surface area contributed by atoms with E-state index in [4.69, 9.17) is 9.15 Å². The van der Waals surface area contributed by atoms with Crippen LogP contribution in [0.3, 0.4) is 0 Å². The normalized spacial score (nSPS) is 14.6. The van der Waals surface area contributed by atoms with Crippen LogP contribution in [0.5, 0.6) is 0 Å². The van der Waals surface area contributed by atoms with Crippen molar-refractivity contribution in [3.05, 3.63) is 24.2 Å². The van der Waals surface area contributed by atoms with E-state index in [-0.39, 0.29) is 18.1 Å². The van der Waals surface area contributed by atoms with Gasteiger partial charge in [-0.15, -0.1) is 0 Å². The maximum absolute atomic E-state index is 11.3. The molecular formula is C11H17NO3. The lowest BCUT2D eigenvalue weighted by Crippen LogP contribution is -2.36. The van der Waals surface area contributed by atoms with Gasteiger partial charge in [0.25, 0.3) is 0 Å². The molecule has 1 heterocycles. The molecule has 0 amide bonds. The van der Waals surface area contributed by atoms with E-state index in [9.17, 15) is 4.79 Å². The zero-order valence-electron chi connectivity index (χ0n) is 9.32. The number of ether oxygens (including phenoxy) is 1. The molecule has 84 valence electrons. The van der Waals surface area contributed by atoms with Crippen LogP contribution in [-0.2, 0) is 9.53 Å². The molecule has 0 aromatic carbocycles. The first-order valence-electron chi connectivity index (χ1n) is 5.10. The molecule has 0 radical (unpaired) electrons. The number of carbonyl (C=O) groups is 1. The monoisotopic (exact) mass is 211 g/mol. The largest absolute Gasteiger partial charge is 0.472 e.